The molecule has 0 atom stereocenters. The van der Waals surface area contributed by atoms with E-state index in [-0.39, 0.29) is 30.7 Å². The van der Waals surface area contributed by atoms with Gasteiger partial charge in [-0.25, -0.2) is 4.98 Å². The first-order valence-corrected chi connectivity index (χ1v) is 7.93. The topological polar surface area (TPSA) is 84.1 Å². The van der Waals surface area contributed by atoms with Gasteiger partial charge in [-0.1, -0.05) is 0 Å². The van der Waals surface area contributed by atoms with Gasteiger partial charge in [0.05, 0.1) is 17.6 Å². The van der Waals surface area contributed by atoms with Gasteiger partial charge in [0.2, 0.25) is 0 Å². The number of hydrogen-bond donors (Lipinski definition) is 2. The van der Waals surface area contributed by atoms with Crippen molar-refractivity contribution in [3.05, 3.63) is 47.9 Å². The Morgan fingerprint density at radius 1 is 1.12 bits per heavy atom. The first kappa shape index (κ1) is 21.2. The average molecular weight is 384 g/mol. The number of pyridine rings is 2. The highest BCUT2D eigenvalue weighted by Crippen LogP contribution is 2.19. The number of nitrogens with zero attached hydrogens (tertiary/aromatic N) is 3. The molecule has 3 N–H and O–H groups in total. The third kappa shape index (κ3) is 5.56. The fraction of sp³-hybridized carbons (Fsp3) is 0.353. The van der Waals surface area contributed by atoms with Gasteiger partial charge in [-0.2, -0.15) is 0 Å². The fourth-order valence-corrected chi connectivity index (χ4v) is 2.70. The van der Waals surface area contributed by atoms with Gasteiger partial charge < -0.3 is 16.0 Å². The van der Waals surface area contributed by atoms with Crippen LogP contribution in [-0.2, 0) is 6.54 Å². The van der Waals surface area contributed by atoms with Crippen LogP contribution in [0, 0.1) is 0 Å². The Balaban J connectivity index is 0.00000156. The van der Waals surface area contributed by atoms with Gasteiger partial charge in [0, 0.05) is 31.4 Å². The van der Waals surface area contributed by atoms with Crippen LogP contribution in [0.5, 0.6) is 0 Å². The summed E-state index contributed by atoms with van der Waals surface area (Å²) in [4.78, 5) is 23.1. The second-order valence-corrected chi connectivity index (χ2v) is 5.65. The second kappa shape index (κ2) is 10.2. The van der Waals surface area contributed by atoms with Crippen molar-refractivity contribution < 1.29 is 4.79 Å². The molecule has 0 aromatic carbocycles. The van der Waals surface area contributed by atoms with E-state index in [4.69, 9.17) is 5.73 Å². The standard InChI is InChI=1S/C17H21N5O.2ClH/c18-11-15-10-13(6-7-19-15)17(23)21-14-4-5-16(20-12-14)22-8-2-1-3-9-22;;/h4-7,10,12H,1-3,8-9,11,18H2,(H,21,23);2*1H. The van der Waals surface area contributed by atoms with Crippen molar-refractivity contribution in [1.29, 1.82) is 0 Å². The quantitative estimate of drug-likeness (QED) is 0.847. The Morgan fingerprint density at radius 3 is 2.52 bits per heavy atom. The number of aromatic nitrogens is 2. The van der Waals surface area contributed by atoms with Crippen molar-refractivity contribution in [2.45, 2.75) is 25.8 Å². The van der Waals surface area contributed by atoms with Gasteiger partial charge in [-0.15, -0.1) is 24.8 Å². The maximum absolute atomic E-state index is 12.3. The number of nitrogens with one attached hydrogen (secondary N) is 1. The summed E-state index contributed by atoms with van der Waals surface area (Å²) in [5.41, 5.74) is 7.47. The minimum absolute atomic E-state index is 0. The number of rotatable bonds is 4. The van der Waals surface area contributed by atoms with Crippen LogP contribution in [0.1, 0.15) is 35.3 Å². The van der Waals surface area contributed by atoms with E-state index in [1.165, 1.54) is 19.3 Å². The number of piperidine rings is 1. The third-order valence-corrected chi connectivity index (χ3v) is 3.97. The van der Waals surface area contributed by atoms with Gasteiger partial charge in [0.1, 0.15) is 5.82 Å². The van der Waals surface area contributed by atoms with Crippen LogP contribution in [-0.4, -0.2) is 29.0 Å². The summed E-state index contributed by atoms with van der Waals surface area (Å²) < 4.78 is 0. The minimum atomic E-state index is -0.186. The Kier molecular flexibility index (Phi) is 8.61. The molecule has 0 saturated carbocycles. The fourth-order valence-electron chi connectivity index (χ4n) is 2.70. The average Bonchev–Trinajstić information content (AvgIpc) is 2.63. The van der Waals surface area contributed by atoms with Crippen molar-refractivity contribution in [3.8, 4) is 0 Å². The van der Waals surface area contributed by atoms with Crippen LogP contribution in [0.2, 0.25) is 0 Å². The molecule has 136 valence electrons. The number of halogens is 2. The predicted molar refractivity (Wildman–Crippen MR) is 105 cm³/mol. The van der Waals surface area contributed by atoms with Crippen LogP contribution >= 0.6 is 24.8 Å². The van der Waals surface area contributed by atoms with Crippen LogP contribution in [0.15, 0.2) is 36.7 Å². The van der Waals surface area contributed by atoms with Crippen LogP contribution in [0.3, 0.4) is 0 Å². The maximum atomic E-state index is 12.3. The smallest absolute Gasteiger partial charge is 0.255 e. The molecule has 0 spiro atoms. The van der Waals surface area contributed by atoms with Gasteiger partial charge in [0.15, 0.2) is 0 Å². The molecule has 0 aliphatic carbocycles. The molecule has 1 saturated heterocycles. The lowest BCUT2D eigenvalue weighted by atomic mass is 10.1. The summed E-state index contributed by atoms with van der Waals surface area (Å²) in [6, 6.07) is 7.22. The number of anilines is 2. The summed E-state index contributed by atoms with van der Waals surface area (Å²) in [6.07, 6.45) is 7.01. The Hall–Kier alpha value is -1.89. The summed E-state index contributed by atoms with van der Waals surface area (Å²) in [6.45, 7) is 2.42. The molecule has 3 rings (SSSR count). The molecule has 2 aromatic rings. The van der Waals surface area contributed by atoms with E-state index in [0.717, 1.165) is 18.9 Å². The lowest BCUT2D eigenvalue weighted by molar-refractivity contribution is 0.102. The van der Waals surface area contributed by atoms with E-state index in [9.17, 15) is 4.79 Å². The van der Waals surface area contributed by atoms with Crippen molar-refractivity contribution in [2.24, 2.45) is 5.73 Å². The molecule has 0 bridgehead atoms. The Morgan fingerprint density at radius 2 is 1.88 bits per heavy atom. The molecule has 25 heavy (non-hydrogen) atoms. The summed E-state index contributed by atoms with van der Waals surface area (Å²) in [5, 5.41) is 2.85. The zero-order valence-corrected chi connectivity index (χ0v) is 15.5. The predicted octanol–water partition coefficient (Wildman–Crippen LogP) is 3.02. The lowest BCUT2D eigenvalue weighted by Crippen LogP contribution is -2.30. The lowest BCUT2D eigenvalue weighted by Gasteiger charge is -2.27. The highest BCUT2D eigenvalue weighted by Gasteiger charge is 2.12. The Labute approximate surface area is 160 Å². The number of hydrogen-bond acceptors (Lipinski definition) is 5. The molecule has 1 fully saturated rings. The third-order valence-electron chi connectivity index (χ3n) is 3.97. The SMILES string of the molecule is Cl.Cl.NCc1cc(C(=O)Nc2ccc(N3CCCCC3)nc2)ccn1. The minimum Gasteiger partial charge on any atom is -0.357 e. The molecule has 1 aliphatic rings. The molecule has 1 aliphatic heterocycles. The molecule has 1 amide bonds. The van der Waals surface area contributed by atoms with E-state index >= 15 is 0 Å². The van der Waals surface area contributed by atoms with E-state index in [1.54, 1.807) is 24.5 Å². The van der Waals surface area contributed by atoms with Crippen molar-refractivity contribution in [3.63, 3.8) is 0 Å². The largest absolute Gasteiger partial charge is 0.357 e. The molecule has 3 heterocycles. The molecular formula is C17H23Cl2N5O. The van der Waals surface area contributed by atoms with Gasteiger partial charge in [-0.3, -0.25) is 9.78 Å². The Bertz CT molecular complexity index is 675. The first-order valence-electron chi connectivity index (χ1n) is 7.93. The zero-order valence-electron chi connectivity index (χ0n) is 13.9. The van der Waals surface area contributed by atoms with Crippen molar-refractivity contribution in [2.75, 3.05) is 23.3 Å². The summed E-state index contributed by atoms with van der Waals surface area (Å²) in [7, 11) is 0. The summed E-state index contributed by atoms with van der Waals surface area (Å²) in [5.74, 6) is 0.784. The molecule has 0 unspecified atom stereocenters. The highest BCUT2D eigenvalue weighted by molar-refractivity contribution is 6.04. The molecule has 8 heteroatoms. The van der Waals surface area contributed by atoms with Gasteiger partial charge in [-0.05, 0) is 43.5 Å². The van der Waals surface area contributed by atoms with Crippen LogP contribution < -0.4 is 16.0 Å². The van der Waals surface area contributed by atoms with Crippen LogP contribution in [0.4, 0.5) is 11.5 Å². The zero-order chi connectivity index (χ0) is 16.1. The number of nitrogens with two attached hydrogens (primary N) is 1. The maximum Gasteiger partial charge on any atom is 0.255 e. The van der Waals surface area contributed by atoms with Crippen LogP contribution in [0.25, 0.3) is 0 Å². The summed E-state index contributed by atoms with van der Waals surface area (Å²) >= 11 is 0. The normalized spacial score (nSPS) is 13.4. The van der Waals surface area contributed by atoms with E-state index in [0.29, 0.717) is 23.5 Å². The highest BCUT2D eigenvalue weighted by atomic mass is 35.5. The number of carbonyl (C=O) groups is 1. The van der Waals surface area contributed by atoms with Crippen molar-refractivity contribution >= 4 is 42.2 Å². The van der Waals surface area contributed by atoms with E-state index in [1.807, 2.05) is 12.1 Å². The first-order chi connectivity index (χ1) is 11.3. The molecule has 6 nitrogen and oxygen atoms in total. The number of amides is 1. The molecular weight excluding hydrogens is 361 g/mol. The molecule has 0 radical (unpaired) electrons. The van der Waals surface area contributed by atoms with E-state index in [2.05, 4.69) is 20.2 Å². The second-order valence-electron chi connectivity index (χ2n) is 5.65. The van der Waals surface area contributed by atoms with E-state index < -0.39 is 0 Å². The molecule has 2 aromatic heterocycles. The van der Waals surface area contributed by atoms with Crippen molar-refractivity contribution in [1.82, 2.24) is 9.97 Å². The monoisotopic (exact) mass is 383 g/mol. The van der Waals surface area contributed by atoms with Gasteiger partial charge >= 0.3 is 0 Å². The number of carbonyl (C=O) groups excluding carboxylic acids is 1. The van der Waals surface area contributed by atoms with Gasteiger partial charge in [0.25, 0.3) is 5.91 Å².